The second-order valence-corrected chi connectivity index (χ2v) is 2.85. The van der Waals surface area contributed by atoms with Crippen LogP contribution in [-0.4, -0.2) is 5.11 Å². The number of rotatable bonds is 2. The third-order valence-corrected chi connectivity index (χ3v) is 1.82. The van der Waals surface area contributed by atoms with Crippen molar-refractivity contribution in [1.29, 1.82) is 0 Å². The smallest absolute Gasteiger partial charge is 0.229 e. The Kier molecular flexibility index (Phi) is 2.76. The van der Waals surface area contributed by atoms with E-state index >= 15 is 0 Å². The van der Waals surface area contributed by atoms with Crippen LogP contribution in [0, 0.1) is 12.3 Å². The Balaban J connectivity index is 3.10. The van der Waals surface area contributed by atoms with Crippen LogP contribution in [0.2, 0.25) is 0 Å². The van der Waals surface area contributed by atoms with E-state index in [-0.39, 0.29) is 11.7 Å². The molecule has 1 aromatic heterocycles. The van der Waals surface area contributed by atoms with Gasteiger partial charge in [-0.15, -0.1) is 12.3 Å². The summed E-state index contributed by atoms with van der Waals surface area (Å²) in [5, 5.41) is 9.06. The molecule has 0 fully saturated rings. The Morgan fingerprint density at radius 1 is 1.69 bits per heavy atom. The van der Waals surface area contributed by atoms with Gasteiger partial charge in [-0.25, -0.2) is 0 Å². The lowest BCUT2D eigenvalue weighted by Crippen LogP contribution is -2.10. The second-order valence-electron chi connectivity index (χ2n) is 2.85. The van der Waals surface area contributed by atoms with E-state index in [2.05, 4.69) is 5.92 Å². The van der Waals surface area contributed by atoms with Crippen LogP contribution in [0.15, 0.2) is 21.7 Å². The summed E-state index contributed by atoms with van der Waals surface area (Å²) in [4.78, 5) is 11.3. The lowest BCUT2D eigenvalue weighted by atomic mass is 10.0. The molecule has 0 spiro atoms. The maximum Gasteiger partial charge on any atom is 0.229 e. The molecular formula is C10H10O3. The molecule has 0 aliphatic rings. The first kappa shape index (κ1) is 9.40. The van der Waals surface area contributed by atoms with Crippen LogP contribution < -0.4 is 5.43 Å². The summed E-state index contributed by atoms with van der Waals surface area (Å²) in [5.41, 5.74) is 0.00644. The third kappa shape index (κ3) is 1.91. The summed E-state index contributed by atoms with van der Waals surface area (Å²) in [6, 6.07) is 0. The van der Waals surface area contributed by atoms with Gasteiger partial charge in [0.25, 0.3) is 0 Å². The topological polar surface area (TPSA) is 50.4 Å². The minimum atomic E-state index is -0.408. The first-order chi connectivity index (χ1) is 6.16. The highest BCUT2D eigenvalue weighted by Gasteiger charge is 2.11. The van der Waals surface area contributed by atoms with Gasteiger partial charge in [0.05, 0.1) is 6.26 Å². The molecule has 3 nitrogen and oxygen atoms in total. The normalized spacial score (nSPS) is 12.0. The monoisotopic (exact) mass is 178 g/mol. The summed E-state index contributed by atoms with van der Waals surface area (Å²) >= 11 is 0. The van der Waals surface area contributed by atoms with E-state index in [1.54, 1.807) is 0 Å². The molecule has 0 unspecified atom stereocenters. The first-order valence-corrected chi connectivity index (χ1v) is 3.89. The lowest BCUT2D eigenvalue weighted by Gasteiger charge is -2.05. The fraction of sp³-hybridized carbons (Fsp3) is 0.300. The van der Waals surface area contributed by atoms with E-state index in [1.807, 2.05) is 6.92 Å². The van der Waals surface area contributed by atoms with Crippen molar-refractivity contribution in [3.05, 3.63) is 28.3 Å². The molecule has 0 bridgehead atoms. The van der Waals surface area contributed by atoms with Crippen LogP contribution >= 0.6 is 0 Å². The molecular weight excluding hydrogens is 168 g/mol. The van der Waals surface area contributed by atoms with Gasteiger partial charge in [0.15, 0.2) is 5.75 Å². The molecule has 0 saturated heterocycles. The van der Waals surface area contributed by atoms with Crippen molar-refractivity contribution < 1.29 is 9.52 Å². The molecule has 0 amide bonds. The van der Waals surface area contributed by atoms with Gasteiger partial charge in [0.2, 0.25) is 5.43 Å². The highest BCUT2D eigenvalue weighted by Crippen LogP contribution is 2.16. The van der Waals surface area contributed by atoms with Gasteiger partial charge in [-0.05, 0) is 5.92 Å². The number of hydrogen-bond acceptors (Lipinski definition) is 3. The maximum absolute atomic E-state index is 11.3. The zero-order valence-electron chi connectivity index (χ0n) is 7.28. The lowest BCUT2D eigenvalue weighted by molar-refractivity contribution is 0.423. The van der Waals surface area contributed by atoms with Crippen LogP contribution in [0.1, 0.15) is 24.8 Å². The highest BCUT2D eigenvalue weighted by atomic mass is 16.3. The fourth-order valence-corrected chi connectivity index (χ4v) is 1.05. The van der Waals surface area contributed by atoms with Crippen LogP contribution in [0.5, 0.6) is 5.75 Å². The van der Waals surface area contributed by atoms with Crippen molar-refractivity contribution in [1.82, 2.24) is 0 Å². The van der Waals surface area contributed by atoms with Gasteiger partial charge in [-0.3, -0.25) is 4.79 Å². The Morgan fingerprint density at radius 3 is 3.00 bits per heavy atom. The maximum atomic E-state index is 11.3. The fourth-order valence-electron chi connectivity index (χ4n) is 1.05. The molecule has 1 N–H and O–H groups in total. The van der Waals surface area contributed by atoms with Gasteiger partial charge in [-0.2, -0.15) is 0 Å². The van der Waals surface area contributed by atoms with Crippen LogP contribution in [-0.2, 0) is 0 Å². The summed E-state index contributed by atoms with van der Waals surface area (Å²) < 4.78 is 4.77. The molecule has 0 aliphatic heterocycles. The molecule has 13 heavy (non-hydrogen) atoms. The average molecular weight is 178 g/mol. The van der Waals surface area contributed by atoms with Gasteiger partial charge in [-0.1, -0.05) is 6.92 Å². The molecule has 0 radical (unpaired) electrons. The Hall–Kier alpha value is -1.69. The summed E-state index contributed by atoms with van der Waals surface area (Å²) in [6.45, 7) is 1.81. The van der Waals surface area contributed by atoms with Crippen molar-refractivity contribution in [3.8, 4) is 18.1 Å². The standard InChI is InChI=1S/C10H10O3/c1-3-4-7(2)8-5-13-6-9(11)10(8)12/h1,5-7,11H,4H2,2H3/t7-/m1/s1. The van der Waals surface area contributed by atoms with E-state index in [0.717, 1.165) is 6.26 Å². The molecule has 0 aliphatic carbocycles. The summed E-state index contributed by atoms with van der Waals surface area (Å²) in [5.74, 6) is 1.99. The zero-order valence-corrected chi connectivity index (χ0v) is 7.28. The van der Waals surface area contributed by atoms with Crippen LogP contribution in [0.3, 0.4) is 0 Å². The molecule has 1 heterocycles. The molecule has 1 atom stereocenters. The minimum absolute atomic E-state index is 0.0895. The van der Waals surface area contributed by atoms with Gasteiger partial charge < -0.3 is 9.52 Å². The van der Waals surface area contributed by atoms with E-state index in [1.165, 1.54) is 6.26 Å². The van der Waals surface area contributed by atoms with Crippen molar-refractivity contribution in [2.45, 2.75) is 19.3 Å². The van der Waals surface area contributed by atoms with Gasteiger partial charge >= 0.3 is 0 Å². The number of terminal acetylenes is 1. The minimum Gasteiger partial charge on any atom is -0.502 e. The van der Waals surface area contributed by atoms with Crippen molar-refractivity contribution in [2.24, 2.45) is 0 Å². The van der Waals surface area contributed by atoms with E-state index in [4.69, 9.17) is 15.9 Å². The van der Waals surface area contributed by atoms with Gasteiger partial charge in [0, 0.05) is 12.0 Å². The molecule has 1 aromatic rings. The van der Waals surface area contributed by atoms with Crippen molar-refractivity contribution in [3.63, 3.8) is 0 Å². The van der Waals surface area contributed by atoms with Crippen LogP contribution in [0.25, 0.3) is 0 Å². The summed E-state index contributed by atoms with van der Waals surface area (Å²) in [6.07, 6.45) is 7.89. The first-order valence-electron chi connectivity index (χ1n) is 3.89. The quantitative estimate of drug-likeness (QED) is 0.697. The molecule has 1 rings (SSSR count). The Bertz CT molecular complexity index is 384. The SMILES string of the molecule is C#CC[C@@H](C)c1cocc(O)c1=O. The zero-order chi connectivity index (χ0) is 9.84. The predicted molar refractivity (Wildman–Crippen MR) is 48.5 cm³/mol. The van der Waals surface area contributed by atoms with Crippen LogP contribution in [0.4, 0.5) is 0 Å². The second kappa shape index (κ2) is 3.81. The molecule has 3 heteroatoms. The Labute approximate surface area is 76.0 Å². The number of aromatic hydroxyl groups is 1. The summed E-state index contributed by atoms with van der Waals surface area (Å²) in [7, 11) is 0. The predicted octanol–water partition coefficient (Wildman–Crippen LogP) is 1.47. The Morgan fingerprint density at radius 2 is 2.38 bits per heavy atom. The highest BCUT2D eigenvalue weighted by molar-refractivity contribution is 5.24. The van der Waals surface area contributed by atoms with E-state index in [9.17, 15) is 4.79 Å². The molecule has 68 valence electrons. The van der Waals surface area contributed by atoms with Crippen molar-refractivity contribution in [2.75, 3.05) is 0 Å². The van der Waals surface area contributed by atoms with Crippen molar-refractivity contribution >= 4 is 0 Å². The largest absolute Gasteiger partial charge is 0.502 e. The number of hydrogen-bond donors (Lipinski definition) is 1. The molecule has 0 aromatic carbocycles. The average Bonchev–Trinajstić information content (AvgIpc) is 2.10. The third-order valence-electron chi connectivity index (χ3n) is 1.82. The van der Waals surface area contributed by atoms with E-state index < -0.39 is 5.43 Å². The molecule has 0 saturated carbocycles. The van der Waals surface area contributed by atoms with E-state index in [0.29, 0.717) is 12.0 Å². The van der Waals surface area contributed by atoms with Gasteiger partial charge in [0.1, 0.15) is 6.26 Å².